The van der Waals surface area contributed by atoms with E-state index in [1.807, 2.05) is 12.1 Å². The van der Waals surface area contributed by atoms with E-state index in [4.69, 9.17) is 5.26 Å². The van der Waals surface area contributed by atoms with Crippen molar-refractivity contribution in [1.29, 1.82) is 5.26 Å². The van der Waals surface area contributed by atoms with Crippen molar-refractivity contribution < 1.29 is 4.79 Å². The van der Waals surface area contributed by atoms with E-state index in [9.17, 15) is 4.79 Å². The first kappa shape index (κ1) is 14.1. The monoisotopic (exact) mass is 402 g/mol. The first-order valence-corrected chi connectivity index (χ1v) is 7.70. The number of rotatable bonds is 2. The van der Waals surface area contributed by atoms with Crippen LogP contribution in [0.15, 0.2) is 51.5 Å². The summed E-state index contributed by atoms with van der Waals surface area (Å²) in [5.74, 6) is -0.0645. The van der Waals surface area contributed by atoms with Crippen molar-refractivity contribution in [2.75, 3.05) is 0 Å². The van der Waals surface area contributed by atoms with Crippen molar-refractivity contribution in [3.63, 3.8) is 0 Å². The molecule has 0 bridgehead atoms. The number of halogens is 2. The zero-order valence-electron chi connectivity index (χ0n) is 10.7. The van der Waals surface area contributed by atoms with E-state index in [-0.39, 0.29) is 5.78 Å². The lowest BCUT2D eigenvalue weighted by Gasteiger charge is -2.03. The highest BCUT2D eigenvalue weighted by Crippen LogP contribution is 2.27. The Morgan fingerprint density at radius 1 is 1.10 bits per heavy atom. The molecule has 3 nitrogen and oxygen atoms in total. The van der Waals surface area contributed by atoms with E-state index in [1.54, 1.807) is 30.5 Å². The molecular weight excluding hydrogens is 396 g/mol. The number of carbonyl (C=O) groups is 1. The molecule has 21 heavy (non-hydrogen) atoms. The number of benzene rings is 2. The van der Waals surface area contributed by atoms with Crippen molar-refractivity contribution in [1.82, 2.24) is 4.98 Å². The van der Waals surface area contributed by atoms with Gasteiger partial charge in [0.15, 0.2) is 5.78 Å². The second kappa shape index (κ2) is 5.47. The molecule has 3 aromatic rings. The van der Waals surface area contributed by atoms with Gasteiger partial charge in [-0.2, -0.15) is 5.26 Å². The van der Waals surface area contributed by atoms with Gasteiger partial charge in [0.25, 0.3) is 0 Å². The molecule has 0 fully saturated rings. The van der Waals surface area contributed by atoms with Gasteiger partial charge < -0.3 is 4.98 Å². The minimum absolute atomic E-state index is 0.0645. The molecule has 1 aromatic heterocycles. The zero-order valence-corrected chi connectivity index (χ0v) is 13.8. The summed E-state index contributed by atoms with van der Waals surface area (Å²) in [7, 11) is 0. The lowest BCUT2D eigenvalue weighted by molar-refractivity contribution is 0.103. The number of nitrogens with zero attached hydrogens (tertiary/aromatic N) is 1. The molecule has 0 aliphatic carbocycles. The van der Waals surface area contributed by atoms with Crippen LogP contribution < -0.4 is 0 Å². The van der Waals surface area contributed by atoms with E-state index < -0.39 is 0 Å². The van der Waals surface area contributed by atoms with Gasteiger partial charge in [0.05, 0.1) is 11.6 Å². The zero-order chi connectivity index (χ0) is 15.0. The quantitative estimate of drug-likeness (QED) is 0.625. The highest BCUT2D eigenvalue weighted by atomic mass is 79.9. The van der Waals surface area contributed by atoms with E-state index in [2.05, 4.69) is 42.9 Å². The summed E-state index contributed by atoms with van der Waals surface area (Å²) in [4.78, 5) is 15.7. The van der Waals surface area contributed by atoms with Crippen LogP contribution in [-0.2, 0) is 0 Å². The molecule has 1 heterocycles. The molecule has 1 N–H and O–H groups in total. The fourth-order valence-electron chi connectivity index (χ4n) is 2.20. The number of nitrogens with one attached hydrogen (secondary N) is 1. The molecule has 0 radical (unpaired) electrons. The Morgan fingerprint density at radius 3 is 2.62 bits per heavy atom. The fraction of sp³-hybridized carbons (Fsp3) is 0. The molecular formula is C16H8Br2N2O. The number of aromatic nitrogens is 1. The number of fused-ring (bicyclic) bond motifs is 1. The van der Waals surface area contributed by atoms with E-state index in [0.717, 1.165) is 19.8 Å². The second-order valence-corrected chi connectivity index (χ2v) is 6.30. The molecule has 102 valence electrons. The SMILES string of the molecule is N#Cc1ccc2c(C(=O)c3ccc(Br)cc3Br)c[nH]c2c1. The van der Waals surface area contributed by atoms with Crippen molar-refractivity contribution >= 4 is 48.5 Å². The molecule has 0 aliphatic heterocycles. The summed E-state index contributed by atoms with van der Waals surface area (Å²) in [6.45, 7) is 0. The van der Waals surface area contributed by atoms with Gasteiger partial charge in [-0.15, -0.1) is 0 Å². The van der Waals surface area contributed by atoms with Crippen LogP contribution in [0.2, 0.25) is 0 Å². The number of hydrogen-bond acceptors (Lipinski definition) is 2. The first-order chi connectivity index (χ1) is 10.1. The van der Waals surface area contributed by atoms with Gasteiger partial charge >= 0.3 is 0 Å². The average Bonchev–Trinajstić information content (AvgIpc) is 2.89. The van der Waals surface area contributed by atoms with Crippen molar-refractivity contribution in [2.24, 2.45) is 0 Å². The van der Waals surface area contributed by atoms with Crippen LogP contribution in [-0.4, -0.2) is 10.8 Å². The maximum Gasteiger partial charge on any atom is 0.196 e. The van der Waals surface area contributed by atoms with Crippen LogP contribution in [0.4, 0.5) is 0 Å². The number of hydrogen-bond donors (Lipinski definition) is 1. The van der Waals surface area contributed by atoms with Crippen LogP contribution in [0.1, 0.15) is 21.5 Å². The van der Waals surface area contributed by atoms with E-state index >= 15 is 0 Å². The van der Waals surface area contributed by atoms with E-state index in [1.165, 1.54) is 0 Å². The van der Waals surface area contributed by atoms with Gasteiger partial charge in [0.2, 0.25) is 0 Å². The lowest BCUT2D eigenvalue weighted by Crippen LogP contribution is -2.01. The largest absolute Gasteiger partial charge is 0.360 e. The lowest BCUT2D eigenvalue weighted by atomic mass is 10.0. The van der Waals surface area contributed by atoms with Crippen LogP contribution in [0, 0.1) is 11.3 Å². The summed E-state index contributed by atoms with van der Waals surface area (Å²) < 4.78 is 1.65. The molecule has 0 atom stereocenters. The van der Waals surface area contributed by atoms with Crippen molar-refractivity contribution in [3.8, 4) is 6.07 Å². The highest BCUT2D eigenvalue weighted by Gasteiger charge is 2.17. The summed E-state index contributed by atoms with van der Waals surface area (Å²) in [5, 5.41) is 9.73. The number of nitriles is 1. The van der Waals surface area contributed by atoms with E-state index in [0.29, 0.717) is 16.7 Å². The Bertz CT molecular complexity index is 906. The molecule has 3 rings (SSSR count). The first-order valence-electron chi connectivity index (χ1n) is 6.11. The average molecular weight is 404 g/mol. The molecule has 0 amide bonds. The standard InChI is InChI=1S/C16H8Br2N2O/c17-10-2-4-12(14(18)6-10)16(21)13-8-20-15-5-9(7-19)1-3-11(13)15/h1-6,8,20H. The van der Waals surface area contributed by atoms with Gasteiger partial charge in [-0.3, -0.25) is 4.79 Å². The third-order valence-corrected chi connectivity index (χ3v) is 4.38. The second-order valence-electron chi connectivity index (χ2n) is 4.53. The highest BCUT2D eigenvalue weighted by molar-refractivity contribution is 9.11. The Kier molecular flexibility index (Phi) is 3.66. The minimum Gasteiger partial charge on any atom is -0.360 e. The summed E-state index contributed by atoms with van der Waals surface area (Å²) in [6, 6.07) is 12.8. The van der Waals surface area contributed by atoms with Gasteiger partial charge in [-0.1, -0.05) is 22.0 Å². The molecule has 0 unspecified atom stereocenters. The van der Waals surface area contributed by atoms with Crippen LogP contribution in [0.25, 0.3) is 10.9 Å². The van der Waals surface area contributed by atoms with Crippen molar-refractivity contribution in [2.45, 2.75) is 0 Å². The van der Waals surface area contributed by atoms with Gasteiger partial charge in [0.1, 0.15) is 0 Å². The number of aromatic amines is 1. The number of carbonyl (C=O) groups excluding carboxylic acids is 1. The number of H-pyrrole nitrogens is 1. The topological polar surface area (TPSA) is 56.6 Å². The van der Waals surface area contributed by atoms with Gasteiger partial charge in [-0.05, 0) is 46.3 Å². The fourth-order valence-corrected chi connectivity index (χ4v) is 3.43. The molecule has 0 spiro atoms. The van der Waals surface area contributed by atoms with Crippen LogP contribution in [0.5, 0.6) is 0 Å². The predicted molar refractivity (Wildman–Crippen MR) is 88.3 cm³/mol. The molecule has 5 heteroatoms. The Hall–Kier alpha value is -1.90. The summed E-state index contributed by atoms with van der Waals surface area (Å²) in [6.07, 6.45) is 1.68. The Balaban J connectivity index is 2.12. The third kappa shape index (κ3) is 2.53. The molecule has 2 aromatic carbocycles. The summed E-state index contributed by atoms with van der Waals surface area (Å²) >= 11 is 6.79. The molecule has 0 saturated carbocycles. The third-order valence-electron chi connectivity index (χ3n) is 3.23. The smallest absolute Gasteiger partial charge is 0.196 e. The summed E-state index contributed by atoms with van der Waals surface area (Å²) in [5.41, 5.74) is 2.54. The molecule has 0 saturated heterocycles. The normalized spacial score (nSPS) is 10.5. The van der Waals surface area contributed by atoms with Gasteiger partial charge in [-0.25, -0.2) is 0 Å². The van der Waals surface area contributed by atoms with Crippen LogP contribution in [0.3, 0.4) is 0 Å². The minimum atomic E-state index is -0.0645. The van der Waals surface area contributed by atoms with Crippen LogP contribution >= 0.6 is 31.9 Å². The Labute approximate surface area is 137 Å². The van der Waals surface area contributed by atoms with Crippen molar-refractivity contribution in [3.05, 3.63) is 68.2 Å². The number of ketones is 1. The van der Waals surface area contributed by atoms with Gasteiger partial charge in [0, 0.05) is 37.2 Å². The maximum atomic E-state index is 12.7. The molecule has 0 aliphatic rings. The predicted octanol–water partition coefficient (Wildman–Crippen LogP) is 4.80. The maximum absolute atomic E-state index is 12.7. The Morgan fingerprint density at radius 2 is 1.90 bits per heavy atom.